The van der Waals surface area contributed by atoms with Gasteiger partial charge in [-0.25, -0.2) is 4.79 Å². The molecule has 0 spiro atoms. The normalized spacial score (nSPS) is 12.1. The summed E-state index contributed by atoms with van der Waals surface area (Å²) >= 11 is 0. The van der Waals surface area contributed by atoms with Gasteiger partial charge in [0, 0.05) is 6.61 Å². The molecule has 0 radical (unpaired) electrons. The minimum absolute atomic E-state index is 0.192. The van der Waals surface area contributed by atoms with Crippen molar-refractivity contribution in [3.05, 3.63) is 0 Å². The van der Waals surface area contributed by atoms with E-state index in [1.807, 2.05) is 5.32 Å². The molecule has 0 saturated carbocycles. The van der Waals surface area contributed by atoms with Crippen LogP contribution in [0.4, 0.5) is 4.79 Å². The molecule has 0 fully saturated rings. The van der Waals surface area contributed by atoms with Crippen LogP contribution in [0.25, 0.3) is 0 Å². The summed E-state index contributed by atoms with van der Waals surface area (Å²) in [7, 11) is 0. The number of amides is 3. The predicted molar refractivity (Wildman–Crippen MR) is 56.1 cm³/mol. The van der Waals surface area contributed by atoms with Crippen molar-refractivity contribution >= 4 is 11.9 Å². The lowest BCUT2D eigenvalue weighted by atomic mass is 10.2. The molecular weight excluding hydrogens is 198 g/mol. The molecule has 15 heavy (non-hydrogen) atoms. The van der Waals surface area contributed by atoms with Gasteiger partial charge in [-0.2, -0.15) is 0 Å². The Labute approximate surface area is 89.2 Å². The Kier molecular flexibility index (Phi) is 7.57. The van der Waals surface area contributed by atoms with Crippen molar-refractivity contribution in [2.45, 2.75) is 32.2 Å². The third-order valence-corrected chi connectivity index (χ3v) is 1.93. The number of aliphatic hydroxyl groups is 1. The summed E-state index contributed by atoms with van der Waals surface area (Å²) in [5, 5.41) is 13.5. The van der Waals surface area contributed by atoms with Gasteiger partial charge in [0.2, 0.25) is 5.91 Å². The van der Waals surface area contributed by atoms with E-state index >= 15 is 0 Å². The molecule has 0 aliphatic carbocycles. The molecule has 1 atom stereocenters. The van der Waals surface area contributed by atoms with Gasteiger partial charge in [-0.15, -0.1) is 0 Å². The van der Waals surface area contributed by atoms with Crippen LogP contribution in [-0.2, 0) is 4.79 Å². The van der Waals surface area contributed by atoms with Gasteiger partial charge in [0.15, 0.2) is 0 Å². The number of carbonyl (C=O) groups excluding carboxylic acids is 2. The summed E-state index contributed by atoms with van der Waals surface area (Å²) in [5.74, 6) is -0.426. The van der Waals surface area contributed by atoms with E-state index in [4.69, 9.17) is 10.8 Å². The molecule has 0 heterocycles. The number of hydrogen-bond donors (Lipinski definition) is 4. The SMILES string of the molecule is CC(NCCCCCO)C(=O)NC(N)=O. The number of nitrogens with two attached hydrogens (primary N) is 1. The van der Waals surface area contributed by atoms with Gasteiger partial charge in [-0.05, 0) is 32.7 Å². The fraction of sp³-hybridized carbons (Fsp3) is 0.778. The standard InChI is InChI=1S/C9H19N3O3/c1-7(8(14)12-9(10)15)11-5-3-2-4-6-13/h7,11,13H,2-6H2,1H3,(H3,10,12,14,15). The molecule has 0 aromatic rings. The summed E-state index contributed by atoms with van der Waals surface area (Å²) in [5.41, 5.74) is 4.80. The highest BCUT2D eigenvalue weighted by atomic mass is 16.3. The maximum absolute atomic E-state index is 11.2. The van der Waals surface area contributed by atoms with Crippen molar-refractivity contribution in [2.24, 2.45) is 5.73 Å². The Morgan fingerprint density at radius 2 is 2.00 bits per heavy atom. The third kappa shape index (κ3) is 7.90. The number of urea groups is 1. The summed E-state index contributed by atoms with van der Waals surface area (Å²) in [6, 6.07) is -1.28. The van der Waals surface area contributed by atoms with E-state index < -0.39 is 18.0 Å². The van der Waals surface area contributed by atoms with Crippen LogP contribution >= 0.6 is 0 Å². The lowest BCUT2D eigenvalue weighted by Gasteiger charge is -2.11. The summed E-state index contributed by atoms with van der Waals surface area (Å²) in [4.78, 5) is 21.5. The molecule has 3 amide bonds. The monoisotopic (exact) mass is 217 g/mol. The first-order chi connectivity index (χ1) is 7.07. The van der Waals surface area contributed by atoms with E-state index in [-0.39, 0.29) is 6.61 Å². The molecule has 5 N–H and O–H groups in total. The first-order valence-electron chi connectivity index (χ1n) is 5.02. The summed E-state index contributed by atoms with van der Waals surface area (Å²) in [6.45, 7) is 2.52. The number of hydrogen-bond acceptors (Lipinski definition) is 4. The zero-order valence-electron chi connectivity index (χ0n) is 8.95. The second-order valence-electron chi connectivity index (χ2n) is 3.31. The molecule has 0 aromatic carbocycles. The third-order valence-electron chi connectivity index (χ3n) is 1.93. The maximum Gasteiger partial charge on any atom is 0.318 e. The molecule has 0 saturated heterocycles. The Bertz CT molecular complexity index is 209. The smallest absolute Gasteiger partial charge is 0.318 e. The number of aliphatic hydroxyl groups excluding tert-OH is 1. The van der Waals surface area contributed by atoms with Gasteiger partial charge < -0.3 is 16.2 Å². The molecule has 6 heteroatoms. The summed E-state index contributed by atoms with van der Waals surface area (Å²) < 4.78 is 0. The number of rotatable bonds is 7. The molecule has 0 aliphatic heterocycles. The van der Waals surface area contributed by atoms with Crippen LogP contribution in [-0.4, -0.2) is 36.2 Å². The van der Waals surface area contributed by atoms with Gasteiger partial charge in [0.1, 0.15) is 0 Å². The Hall–Kier alpha value is -1.14. The minimum Gasteiger partial charge on any atom is -0.396 e. The number of carbonyl (C=O) groups is 2. The molecular formula is C9H19N3O3. The van der Waals surface area contributed by atoms with Crippen LogP contribution in [0.3, 0.4) is 0 Å². The topological polar surface area (TPSA) is 104 Å². The van der Waals surface area contributed by atoms with E-state index in [9.17, 15) is 9.59 Å². The van der Waals surface area contributed by atoms with Gasteiger partial charge in [0.05, 0.1) is 6.04 Å². The van der Waals surface area contributed by atoms with E-state index in [1.165, 1.54) is 0 Å². The lowest BCUT2D eigenvalue weighted by molar-refractivity contribution is -0.121. The number of unbranched alkanes of at least 4 members (excludes halogenated alkanes) is 2. The molecule has 0 rings (SSSR count). The highest BCUT2D eigenvalue weighted by Gasteiger charge is 2.12. The quantitative estimate of drug-likeness (QED) is 0.424. The van der Waals surface area contributed by atoms with Crippen molar-refractivity contribution in [1.82, 2.24) is 10.6 Å². The van der Waals surface area contributed by atoms with Crippen molar-refractivity contribution in [1.29, 1.82) is 0 Å². The Balaban J connectivity index is 3.51. The largest absolute Gasteiger partial charge is 0.396 e. The zero-order chi connectivity index (χ0) is 11.7. The number of nitrogens with one attached hydrogen (secondary N) is 2. The fourth-order valence-electron chi connectivity index (χ4n) is 1.05. The lowest BCUT2D eigenvalue weighted by Crippen LogP contribution is -2.46. The van der Waals surface area contributed by atoms with Crippen molar-refractivity contribution in [3.63, 3.8) is 0 Å². The minimum atomic E-state index is -0.839. The fourth-order valence-corrected chi connectivity index (χ4v) is 1.05. The average molecular weight is 217 g/mol. The first-order valence-corrected chi connectivity index (χ1v) is 5.02. The van der Waals surface area contributed by atoms with Crippen LogP contribution in [0.2, 0.25) is 0 Å². The average Bonchev–Trinajstić information content (AvgIpc) is 2.16. The molecule has 6 nitrogen and oxygen atoms in total. The predicted octanol–water partition coefficient (Wildman–Crippen LogP) is -0.678. The number of imide groups is 1. The second kappa shape index (κ2) is 8.19. The van der Waals surface area contributed by atoms with Crippen LogP contribution in [0.15, 0.2) is 0 Å². The maximum atomic E-state index is 11.2. The van der Waals surface area contributed by atoms with Gasteiger partial charge in [-0.1, -0.05) is 0 Å². The van der Waals surface area contributed by atoms with Gasteiger partial charge in [-0.3, -0.25) is 10.1 Å². The zero-order valence-corrected chi connectivity index (χ0v) is 8.95. The van der Waals surface area contributed by atoms with E-state index in [0.717, 1.165) is 19.3 Å². The summed E-state index contributed by atoms with van der Waals surface area (Å²) in [6.07, 6.45) is 2.56. The van der Waals surface area contributed by atoms with Crippen LogP contribution in [0.1, 0.15) is 26.2 Å². The highest BCUT2D eigenvalue weighted by molar-refractivity contribution is 5.96. The highest BCUT2D eigenvalue weighted by Crippen LogP contribution is 1.93. The van der Waals surface area contributed by atoms with Crippen LogP contribution < -0.4 is 16.4 Å². The second-order valence-corrected chi connectivity index (χ2v) is 3.31. The molecule has 0 bridgehead atoms. The molecule has 88 valence electrons. The van der Waals surface area contributed by atoms with Crippen LogP contribution in [0, 0.1) is 0 Å². The van der Waals surface area contributed by atoms with Gasteiger partial charge >= 0.3 is 6.03 Å². The van der Waals surface area contributed by atoms with Crippen LogP contribution in [0.5, 0.6) is 0 Å². The Morgan fingerprint density at radius 3 is 2.53 bits per heavy atom. The number of primary amides is 1. The Morgan fingerprint density at radius 1 is 1.33 bits per heavy atom. The van der Waals surface area contributed by atoms with Crippen molar-refractivity contribution in [3.8, 4) is 0 Å². The molecule has 0 aliphatic rings. The van der Waals surface area contributed by atoms with E-state index in [1.54, 1.807) is 6.92 Å². The van der Waals surface area contributed by atoms with Crippen molar-refractivity contribution in [2.75, 3.05) is 13.2 Å². The molecule has 1 unspecified atom stereocenters. The van der Waals surface area contributed by atoms with E-state index in [0.29, 0.717) is 6.54 Å². The van der Waals surface area contributed by atoms with Gasteiger partial charge in [0.25, 0.3) is 0 Å². The first kappa shape index (κ1) is 13.9. The van der Waals surface area contributed by atoms with E-state index in [2.05, 4.69) is 5.32 Å². The molecule has 0 aromatic heterocycles. The van der Waals surface area contributed by atoms with Crippen molar-refractivity contribution < 1.29 is 14.7 Å².